The summed E-state index contributed by atoms with van der Waals surface area (Å²) in [7, 11) is 1.35. The molecule has 0 spiro atoms. The summed E-state index contributed by atoms with van der Waals surface area (Å²) in [6.07, 6.45) is 0. The number of hydrogen-bond acceptors (Lipinski definition) is 6. The Hall–Kier alpha value is -2.47. The molecule has 0 unspecified atom stereocenters. The minimum Gasteiger partial charge on any atom is -0.465 e. The highest BCUT2D eigenvalue weighted by Crippen LogP contribution is 2.37. The fourth-order valence-corrected chi connectivity index (χ4v) is 3.39. The molecule has 0 aliphatic carbocycles. The molecule has 0 saturated heterocycles. The van der Waals surface area contributed by atoms with E-state index in [2.05, 4.69) is 9.97 Å². The van der Waals surface area contributed by atoms with Gasteiger partial charge in [-0.3, -0.25) is 0 Å². The van der Waals surface area contributed by atoms with Crippen LogP contribution in [-0.4, -0.2) is 23.0 Å². The molecule has 1 aromatic carbocycles. The number of para-hydroxylation sites is 1. The summed E-state index contributed by atoms with van der Waals surface area (Å²) in [5.41, 5.74) is 1.46. The number of methoxy groups -OCH3 is 1. The van der Waals surface area contributed by atoms with Crippen molar-refractivity contribution in [1.29, 1.82) is 0 Å². The van der Waals surface area contributed by atoms with Crippen LogP contribution in [0.25, 0.3) is 10.2 Å². The Kier molecular flexibility index (Phi) is 4.00. The van der Waals surface area contributed by atoms with Crippen LogP contribution in [0.1, 0.15) is 26.6 Å². The van der Waals surface area contributed by atoms with Gasteiger partial charge >= 0.3 is 5.97 Å². The molecule has 2 aromatic heterocycles. The Bertz CT molecular complexity index is 902. The van der Waals surface area contributed by atoms with Gasteiger partial charge in [0, 0.05) is 4.88 Å². The number of thiophene rings is 1. The quantitative estimate of drug-likeness (QED) is 0.674. The van der Waals surface area contributed by atoms with Gasteiger partial charge in [0.15, 0.2) is 0 Å². The van der Waals surface area contributed by atoms with Crippen LogP contribution in [0.2, 0.25) is 0 Å². The number of fused-ring (bicyclic) bond motifs is 1. The van der Waals surface area contributed by atoms with Crippen molar-refractivity contribution in [3.8, 4) is 11.6 Å². The molecule has 2 heterocycles. The molecule has 6 heteroatoms. The SMILES string of the molecule is COC(=O)c1ccccc1Oc1nc(C)nc2sc(C)c(C)c12. The van der Waals surface area contributed by atoms with E-state index >= 15 is 0 Å². The van der Waals surface area contributed by atoms with Crippen LogP contribution in [0.3, 0.4) is 0 Å². The van der Waals surface area contributed by atoms with Crippen molar-refractivity contribution in [3.05, 3.63) is 46.1 Å². The fourth-order valence-electron chi connectivity index (χ4n) is 2.33. The number of esters is 1. The van der Waals surface area contributed by atoms with Crippen LogP contribution in [0, 0.1) is 20.8 Å². The summed E-state index contributed by atoms with van der Waals surface area (Å²) in [5, 5.41) is 0.887. The lowest BCUT2D eigenvalue weighted by Gasteiger charge is -2.10. The molecule has 0 atom stereocenters. The van der Waals surface area contributed by atoms with Crippen LogP contribution in [0.4, 0.5) is 0 Å². The smallest absolute Gasteiger partial charge is 0.341 e. The predicted molar refractivity (Wildman–Crippen MR) is 89.5 cm³/mol. The molecule has 0 bridgehead atoms. The summed E-state index contributed by atoms with van der Waals surface area (Å²) in [4.78, 5) is 22.8. The summed E-state index contributed by atoms with van der Waals surface area (Å²) in [5.74, 6) is 1.07. The second kappa shape index (κ2) is 5.96. The molecule has 5 nitrogen and oxygen atoms in total. The van der Waals surface area contributed by atoms with Crippen LogP contribution in [0.15, 0.2) is 24.3 Å². The molecule has 118 valence electrons. The van der Waals surface area contributed by atoms with Gasteiger partial charge in [0.25, 0.3) is 0 Å². The maximum Gasteiger partial charge on any atom is 0.341 e. The van der Waals surface area contributed by atoms with Crippen molar-refractivity contribution >= 4 is 27.5 Å². The number of nitrogens with zero attached hydrogens (tertiary/aromatic N) is 2. The Morgan fingerprint density at radius 3 is 2.61 bits per heavy atom. The topological polar surface area (TPSA) is 61.3 Å². The summed E-state index contributed by atoms with van der Waals surface area (Å²) in [6, 6.07) is 6.96. The zero-order valence-corrected chi connectivity index (χ0v) is 14.2. The van der Waals surface area contributed by atoms with E-state index in [4.69, 9.17) is 9.47 Å². The molecule has 0 fully saturated rings. The monoisotopic (exact) mass is 328 g/mol. The summed E-state index contributed by atoms with van der Waals surface area (Å²) >= 11 is 1.61. The standard InChI is InChI=1S/C17H16N2O3S/c1-9-10(2)23-16-14(9)15(18-11(3)19-16)22-13-8-6-5-7-12(13)17(20)21-4/h5-8H,1-4H3. The molecule has 3 rings (SSSR count). The van der Waals surface area contributed by atoms with E-state index in [1.807, 2.05) is 20.8 Å². The van der Waals surface area contributed by atoms with E-state index in [0.717, 1.165) is 15.8 Å². The van der Waals surface area contributed by atoms with E-state index in [-0.39, 0.29) is 0 Å². The van der Waals surface area contributed by atoms with Gasteiger partial charge in [-0.25, -0.2) is 9.78 Å². The first-order chi connectivity index (χ1) is 11.0. The summed E-state index contributed by atoms with van der Waals surface area (Å²) in [6.45, 7) is 5.89. The van der Waals surface area contributed by atoms with Gasteiger partial charge in [-0.1, -0.05) is 12.1 Å². The van der Waals surface area contributed by atoms with Crippen LogP contribution < -0.4 is 4.74 Å². The average molecular weight is 328 g/mol. The Morgan fingerprint density at radius 2 is 1.87 bits per heavy atom. The number of carbonyl (C=O) groups is 1. The van der Waals surface area contributed by atoms with Crippen molar-refractivity contribution in [1.82, 2.24) is 9.97 Å². The number of aromatic nitrogens is 2. The number of hydrogen-bond donors (Lipinski definition) is 0. The highest BCUT2D eigenvalue weighted by molar-refractivity contribution is 7.18. The van der Waals surface area contributed by atoms with E-state index in [9.17, 15) is 4.79 Å². The fraction of sp³-hybridized carbons (Fsp3) is 0.235. The molecule has 23 heavy (non-hydrogen) atoms. The minimum absolute atomic E-state index is 0.365. The van der Waals surface area contributed by atoms with Gasteiger partial charge in [-0.15, -0.1) is 11.3 Å². The van der Waals surface area contributed by atoms with Crippen molar-refractivity contribution in [2.24, 2.45) is 0 Å². The van der Waals surface area contributed by atoms with E-state index < -0.39 is 5.97 Å². The Morgan fingerprint density at radius 1 is 1.13 bits per heavy atom. The molecule has 0 aliphatic heterocycles. The van der Waals surface area contributed by atoms with E-state index in [1.54, 1.807) is 35.6 Å². The van der Waals surface area contributed by atoms with Crippen molar-refractivity contribution in [3.63, 3.8) is 0 Å². The third-order valence-corrected chi connectivity index (χ3v) is 4.71. The molecular weight excluding hydrogens is 312 g/mol. The first-order valence-electron chi connectivity index (χ1n) is 7.10. The van der Waals surface area contributed by atoms with Crippen LogP contribution >= 0.6 is 11.3 Å². The number of benzene rings is 1. The lowest BCUT2D eigenvalue weighted by molar-refractivity contribution is 0.0598. The average Bonchev–Trinajstić information content (AvgIpc) is 2.81. The zero-order chi connectivity index (χ0) is 16.6. The third-order valence-electron chi connectivity index (χ3n) is 3.61. The maximum atomic E-state index is 11.9. The Labute approximate surface area is 137 Å². The van der Waals surface area contributed by atoms with Gasteiger partial charge in [0.2, 0.25) is 5.88 Å². The second-order valence-corrected chi connectivity index (χ2v) is 6.33. The first kappa shape index (κ1) is 15.4. The van der Waals surface area contributed by atoms with Crippen LogP contribution in [0.5, 0.6) is 11.6 Å². The van der Waals surface area contributed by atoms with Gasteiger partial charge in [0.05, 0.1) is 12.5 Å². The summed E-state index contributed by atoms with van der Waals surface area (Å²) < 4.78 is 10.8. The first-order valence-corrected chi connectivity index (χ1v) is 7.92. The molecule has 0 radical (unpaired) electrons. The van der Waals surface area contributed by atoms with E-state index in [0.29, 0.717) is 23.0 Å². The highest BCUT2D eigenvalue weighted by atomic mass is 32.1. The van der Waals surface area contributed by atoms with Gasteiger partial charge in [0.1, 0.15) is 22.0 Å². The third kappa shape index (κ3) is 2.77. The molecule has 0 N–H and O–H groups in total. The molecule has 0 aliphatic rings. The molecule has 0 amide bonds. The second-order valence-electron chi connectivity index (χ2n) is 5.13. The number of rotatable bonds is 3. The normalized spacial score (nSPS) is 10.8. The van der Waals surface area contributed by atoms with Gasteiger partial charge in [-0.05, 0) is 38.5 Å². The maximum absolute atomic E-state index is 11.9. The van der Waals surface area contributed by atoms with E-state index in [1.165, 1.54) is 12.0 Å². The molecule has 3 aromatic rings. The van der Waals surface area contributed by atoms with Crippen molar-refractivity contribution in [2.45, 2.75) is 20.8 Å². The number of ether oxygens (including phenoxy) is 2. The van der Waals surface area contributed by atoms with Gasteiger partial charge < -0.3 is 9.47 Å². The Balaban J connectivity index is 2.14. The number of carbonyl (C=O) groups excluding carboxylic acids is 1. The van der Waals surface area contributed by atoms with Gasteiger partial charge in [-0.2, -0.15) is 4.98 Å². The number of aryl methyl sites for hydroxylation is 3. The minimum atomic E-state index is -0.444. The molecule has 0 saturated carbocycles. The largest absolute Gasteiger partial charge is 0.465 e. The predicted octanol–water partition coefficient (Wildman–Crippen LogP) is 4.20. The lowest BCUT2D eigenvalue weighted by atomic mass is 10.2. The lowest BCUT2D eigenvalue weighted by Crippen LogP contribution is -2.04. The van der Waals surface area contributed by atoms with Crippen molar-refractivity contribution < 1.29 is 14.3 Å². The molecular formula is C17H16N2O3S. The van der Waals surface area contributed by atoms with Crippen LogP contribution in [-0.2, 0) is 4.74 Å². The van der Waals surface area contributed by atoms with Crippen molar-refractivity contribution in [2.75, 3.05) is 7.11 Å². The highest BCUT2D eigenvalue weighted by Gasteiger charge is 2.18. The zero-order valence-electron chi connectivity index (χ0n) is 13.3.